The van der Waals surface area contributed by atoms with Crippen molar-refractivity contribution in [2.24, 2.45) is 5.41 Å². The van der Waals surface area contributed by atoms with E-state index >= 15 is 0 Å². The smallest absolute Gasteiger partial charge is 0.276 e. The molecular weight excluding hydrogens is 324 g/mol. The monoisotopic (exact) mass is 336 g/mol. The summed E-state index contributed by atoms with van der Waals surface area (Å²) in [4.78, 5) is 37.9. The Kier molecular flexibility index (Phi) is 3.12. The van der Waals surface area contributed by atoms with Crippen molar-refractivity contribution in [2.75, 3.05) is 4.90 Å². The van der Waals surface area contributed by atoms with Crippen molar-refractivity contribution >= 4 is 39.5 Å². The van der Waals surface area contributed by atoms with E-state index in [-0.39, 0.29) is 0 Å². The number of barbiturate groups is 1. The molecule has 1 heterocycles. The number of nitrogens with zero attached hydrogens (tertiary/aromatic N) is 1. The number of amides is 4. The van der Waals surface area contributed by atoms with Gasteiger partial charge >= 0.3 is 6.03 Å². The van der Waals surface area contributed by atoms with Gasteiger partial charge in [0.1, 0.15) is 5.41 Å². The molecule has 6 heteroatoms. The molecule has 20 heavy (non-hydrogen) atoms. The van der Waals surface area contributed by atoms with Crippen LogP contribution in [0.5, 0.6) is 0 Å². The molecular formula is C14H13BrN2O3. The largest absolute Gasteiger partial charge is 0.335 e. The zero-order valence-corrected chi connectivity index (χ0v) is 12.3. The van der Waals surface area contributed by atoms with E-state index in [0.717, 1.165) is 22.2 Å². The van der Waals surface area contributed by atoms with Gasteiger partial charge in [0, 0.05) is 4.47 Å². The second-order valence-corrected chi connectivity index (χ2v) is 6.08. The predicted octanol–water partition coefficient (Wildman–Crippen LogP) is 2.59. The lowest BCUT2D eigenvalue weighted by atomic mass is 9.82. The highest BCUT2D eigenvalue weighted by molar-refractivity contribution is 9.10. The molecule has 1 aliphatic carbocycles. The number of rotatable bonds is 1. The maximum atomic E-state index is 12.7. The molecule has 1 aromatic carbocycles. The van der Waals surface area contributed by atoms with Gasteiger partial charge in [-0.1, -0.05) is 28.8 Å². The van der Waals surface area contributed by atoms with Crippen molar-refractivity contribution in [2.45, 2.75) is 25.7 Å². The summed E-state index contributed by atoms with van der Waals surface area (Å²) in [6.45, 7) is 0. The number of nitrogens with one attached hydrogen (secondary N) is 1. The zero-order chi connectivity index (χ0) is 14.3. The zero-order valence-electron chi connectivity index (χ0n) is 10.7. The summed E-state index contributed by atoms with van der Waals surface area (Å²) >= 11 is 3.31. The average molecular weight is 337 g/mol. The third kappa shape index (κ3) is 1.86. The van der Waals surface area contributed by atoms with Gasteiger partial charge in [0.2, 0.25) is 5.91 Å². The van der Waals surface area contributed by atoms with Crippen LogP contribution in [0.3, 0.4) is 0 Å². The first kappa shape index (κ1) is 13.3. The predicted molar refractivity (Wildman–Crippen MR) is 76.1 cm³/mol. The standard InChI is InChI=1S/C14H13BrN2O3/c15-9-3-5-10(6-4-9)17-12(19)14(7-1-2-8-14)11(18)16-13(17)20/h3-6H,1-2,7-8H2,(H,16,18,20). The van der Waals surface area contributed by atoms with Crippen LogP contribution in [0.2, 0.25) is 0 Å². The van der Waals surface area contributed by atoms with Crippen LogP contribution in [-0.2, 0) is 9.59 Å². The molecule has 1 saturated heterocycles. The number of anilines is 1. The van der Waals surface area contributed by atoms with E-state index in [1.54, 1.807) is 24.3 Å². The summed E-state index contributed by atoms with van der Waals surface area (Å²) in [7, 11) is 0. The second kappa shape index (κ2) is 4.70. The molecule has 0 aromatic heterocycles. The van der Waals surface area contributed by atoms with Gasteiger partial charge in [0.25, 0.3) is 5.91 Å². The van der Waals surface area contributed by atoms with Gasteiger partial charge in [0.15, 0.2) is 0 Å². The summed E-state index contributed by atoms with van der Waals surface area (Å²) in [5, 5.41) is 2.32. The first-order valence-corrected chi connectivity index (χ1v) is 7.29. The van der Waals surface area contributed by atoms with Crippen molar-refractivity contribution < 1.29 is 14.4 Å². The van der Waals surface area contributed by atoms with E-state index in [9.17, 15) is 14.4 Å². The first-order valence-electron chi connectivity index (χ1n) is 6.50. The van der Waals surface area contributed by atoms with Gasteiger partial charge in [-0.3, -0.25) is 14.9 Å². The summed E-state index contributed by atoms with van der Waals surface area (Å²) in [6, 6.07) is 6.21. The molecule has 0 atom stereocenters. The fourth-order valence-corrected chi connectivity index (χ4v) is 3.18. The fourth-order valence-electron chi connectivity index (χ4n) is 2.92. The maximum Gasteiger partial charge on any atom is 0.335 e. The molecule has 1 saturated carbocycles. The number of halogens is 1. The van der Waals surface area contributed by atoms with E-state index in [1.807, 2.05) is 0 Å². The van der Waals surface area contributed by atoms with Crippen LogP contribution in [0.15, 0.2) is 28.7 Å². The molecule has 1 aromatic rings. The molecule has 0 bridgehead atoms. The minimum absolute atomic E-state index is 0.397. The fraction of sp³-hybridized carbons (Fsp3) is 0.357. The molecule has 1 aliphatic heterocycles. The molecule has 1 spiro atoms. The van der Waals surface area contributed by atoms with Crippen LogP contribution in [0, 0.1) is 5.41 Å². The lowest BCUT2D eigenvalue weighted by Gasteiger charge is -2.36. The van der Waals surface area contributed by atoms with Crippen molar-refractivity contribution in [3.63, 3.8) is 0 Å². The minimum atomic E-state index is -1.05. The quantitative estimate of drug-likeness (QED) is 0.801. The lowest BCUT2D eigenvalue weighted by molar-refractivity contribution is -0.142. The minimum Gasteiger partial charge on any atom is -0.276 e. The number of hydrogen-bond donors (Lipinski definition) is 1. The maximum absolute atomic E-state index is 12.7. The highest BCUT2D eigenvalue weighted by Gasteiger charge is 2.55. The molecule has 4 amide bonds. The van der Waals surface area contributed by atoms with Crippen LogP contribution in [0.1, 0.15) is 25.7 Å². The third-order valence-corrected chi connectivity index (χ3v) is 4.54. The van der Waals surface area contributed by atoms with Crippen molar-refractivity contribution in [3.05, 3.63) is 28.7 Å². The highest BCUT2D eigenvalue weighted by Crippen LogP contribution is 2.42. The Morgan fingerprint density at radius 2 is 1.65 bits per heavy atom. The van der Waals surface area contributed by atoms with Crippen molar-refractivity contribution in [3.8, 4) is 0 Å². The van der Waals surface area contributed by atoms with E-state index in [1.165, 1.54) is 0 Å². The normalized spacial score (nSPS) is 21.4. The van der Waals surface area contributed by atoms with Gasteiger partial charge in [0.05, 0.1) is 5.69 Å². The van der Waals surface area contributed by atoms with Crippen LogP contribution in [0.4, 0.5) is 10.5 Å². The second-order valence-electron chi connectivity index (χ2n) is 5.17. The summed E-state index contributed by atoms with van der Waals surface area (Å²) < 4.78 is 0.859. The average Bonchev–Trinajstić information content (AvgIpc) is 2.90. The van der Waals surface area contributed by atoms with Gasteiger partial charge in [-0.15, -0.1) is 0 Å². The number of carbonyl (C=O) groups is 3. The van der Waals surface area contributed by atoms with Gasteiger partial charge in [-0.25, -0.2) is 9.69 Å². The lowest BCUT2D eigenvalue weighted by Crippen LogP contribution is -2.63. The van der Waals surface area contributed by atoms with Gasteiger partial charge < -0.3 is 0 Å². The number of urea groups is 1. The summed E-state index contributed by atoms with van der Waals surface area (Å²) in [5.74, 6) is -0.843. The highest BCUT2D eigenvalue weighted by atomic mass is 79.9. The van der Waals surface area contributed by atoms with Crippen LogP contribution < -0.4 is 10.2 Å². The van der Waals surface area contributed by atoms with E-state index in [2.05, 4.69) is 21.2 Å². The van der Waals surface area contributed by atoms with Gasteiger partial charge in [-0.2, -0.15) is 0 Å². The first-order chi connectivity index (χ1) is 9.54. The van der Waals surface area contributed by atoms with E-state index in [0.29, 0.717) is 18.5 Å². The van der Waals surface area contributed by atoms with E-state index < -0.39 is 23.3 Å². The Morgan fingerprint density at radius 1 is 1.05 bits per heavy atom. The van der Waals surface area contributed by atoms with Gasteiger partial charge in [-0.05, 0) is 37.1 Å². The summed E-state index contributed by atoms with van der Waals surface area (Å²) in [6.07, 6.45) is 2.69. The molecule has 104 valence electrons. The van der Waals surface area contributed by atoms with E-state index in [4.69, 9.17) is 0 Å². The Hall–Kier alpha value is -1.69. The van der Waals surface area contributed by atoms with Crippen LogP contribution in [-0.4, -0.2) is 17.8 Å². The number of carbonyl (C=O) groups excluding carboxylic acids is 3. The topological polar surface area (TPSA) is 66.5 Å². The number of imide groups is 2. The van der Waals surface area contributed by atoms with Crippen LogP contribution >= 0.6 is 15.9 Å². The van der Waals surface area contributed by atoms with Crippen LogP contribution in [0.25, 0.3) is 0 Å². The Balaban J connectivity index is 2.02. The number of benzene rings is 1. The molecule has 3 rings (SSSR count). The van der Waals surface area contributed by atoms with Crippen molar-refractivity contribution in [1.29, 1.82) is 0 Å². The molecule has 2 aliphatic rings. The number of hydrogen-bond acceptors (Lipinski definition) is 3. The van der Waals surface area contributed by atoms with Crippen molar-refractivity contribution in [1.82, 2.24) is 5.32 Å². The molecule has 0 unspecified atom stereocenters. The SMILES string of the molecule is O=C1NC(=O)C2(CCCC2)C(=O)N1c1ccc(Br)cc1. The Labute approximate surface area is 124 Å². The molecule has 5 nitrogen and oxygen atoms in total. The Bertz CT molecular complexity index is 591. The Morgan fingerprint density at radius 3 is 2.25 bits per heavy atom. The molecule has 2 fully saturated rings. The third-order valence-electron chi connectivity index (χ3n) is 4.01. The molecule has 0 radical (unpaired) electrons. The summed E-state index contributed by atoms with van der Waals surface area (Å²) in [5.41, 5.74) is -0.574. The molecule has 1 N–H and O–H groups in total.